The van der Waals surface area contributed by atoms with Gasteiger partial charge in [-0.2, -0.15) is 0 Å². The summed E-state index contributed by atoms with van der Waals surface area (Å²) in [5.41, 5.74) is 0.946. The molecule has 0 aliphatic heterocycles. The highest BCUT2D eigenvalue weighted by molar-refractivity contribution is 6.44. The van der Waals surface area contributed by atoms with E-state index >= 15 is 0 Å². The standard InChI is InChI=1S/C16H15Cl2N3O2/c1-9(2)20-15(22)10-6-11(8-19-7-10)16(23)21-13-5-3-4-12(17)14(13)18/h3-9H,1-2H3,(H,20,22)(H,21,23). The van der Waals surface area contributed by atoms with Gasteiger partial charge in [0.25, 0.3) is 11.8 Å². The fourth-order valence-corrected chi connectivity index (χ4v) is 2.18. The second kappa shape index (κ2) is 7.44. The fourth-order valence-electron chi connectivity index (χ4n) is 1.83. The summed E-state index contributed by atoms with van der Waals surface area (Å²) in [6.07, 6.45) is 2.78. The Kier molecular flexibility index (Phi) is 5.58. The van der Waals surface area contributed by atoms with Crippen LogP contribution in [-0.4, -0.2) is 22.8 Å². The minimum absolute atomic E-state index is 0.00903. The number of nitrogens with zero attached hydrogens (tertiary/aromatic N) is 1. The summed E-state index contributed by atoms with van der Waals surface area (Å²) in [7, 11) is 0. The summed E-state index contributed by atoms with van der Waals surface area (Å²) in [5, 5.41) is 5.98. The van der Waals surface area contributed by atoms with Gasteiger partial charge in [0, 0.05) is 18.4 Å². The molecule has 120 valence electrons. The molecule has 23 heavy (non-hydrogen) atoms. The SMILES string of the molecule is CC(C)NC(=O)c1cncc(C(=O)Nc2cccc(Cl)c2Cl)c1. The van der Waals surface area contributed by atoms with E-state index in [2.05, 4.69) is 15.6 Å². The molecule has 2 N–H and O–H groups in total. The lowest BCUT2D eigenvalue weighted by Crippen LogP contribution is -2.30. The van der Waals surface area contributed by atoms with Gasteiger partial charge in [-0.05, 0) is 32.0 Å². The van der Waals surface area contributed by atoms with E-state index in [1.807, 2.05) is 13.8 Å². The van der Waals surface area contributed by atoms with Gasteiger partial charge in [0.2, 0.25) is 0 Å². The van der Waals surface area contributed by atoms with E-state index in [0.29, 0.717) is 16.3 Å². The van der Waals surface area contributed by atoms with Crippen molar-refractivity contribution in [2.45, 2.75) is 19.9 Å². The molecular weight excluding hydrogens is 337 g/mol. The molecule has 0 atom stereocenters. The van der Waals surface area contributed by atoms with Crippen LogP contribution in [0.5, 0.6) is 0 Å². The van der Waals surface area contributed by atoms with Gasteiger partial charge < -0.3 is 10.6 Å². The monoisotopic (exact) mass is 351 g/mol. The van der Waals surface area contributed by atoms with Crippen molar-refractivity contribution in [2.75, 3.05) is 5.32 Å². The van der Waals surface area contributed by atoms with E-state index in [1.54, 1.807) is 18.2 Å². The van der Waals surface area contributed by atoms with Crippen LogP contribution in [0.1, 0.15) is 34.6 Å². The van der Waals surface area contributed by atoms with Gasteiger partial charge in [-0.3, -0.25) is 14.6 Å². The summed E-state index contributed by atoms with van der Waals surface area (Å²) < 4.78 is 0. The third-order valence-electron chi connectivity index (χ3n) is 2.88. The van der Waals surface area contributed by atoms with Gasteiger partial charge in [-0.1, -0.05) is 29.3 Å². The molecule has 0 spiro atoms. The van der Waals surface area contributed by atoms with Gasteiger partial charge in [0.1, 0.15) is 0 Å². The second-order valence-corrected chi connectivity index (χ2v) is 5.93. The molecule has 1 aromatic heterocycles. The number of benzene rings is 1. The number of pyridine rings is 1. The van der Waals surface area contributed by atoms with Crippen molar-refractivity contribution in [1.82, 2.24) is 10.3 Å². The van der Waals surface area contributed by atoms with Crippen molar-refractivity contribution in [3.8, 4) is 0 Å². The smallest absolute Gasteiger partial charge is 0.257 e. The number of amides is 2. The van der Waals surface area contributed by atoms with Gasteiger partial charge in [0.15, 0.2) is 0 Å². The Morgan fingerprint density at radius 3 is 2.39 bits per heavy atom. The summed E-state index contributed by atoms with van der Waals surface area (Å²) in [6, 6.07) is 6.39. The molecule has 1 heterocycles. The first-order chi connectivity index (χ1) is 10.9. The van der Waals surface area contributed by atoms with Crippen LogP contribution >= 0.6 is 23.2 Å². The van der Waals surface area contributed by atoms with E-state index in [9.17, 15) is 9.59 Å². The lowest BCUT2D eigenvalue weighted by Gasteiger charge is -2.10. The highest BCUT2D eigenvalue weighted by atomic mass is 35.5. The number of aromatic nitrogens is 1. The first-order valence-electron chi connectivity index (χ1n) is 6.89. The third-order valence-corrected chi connectivity index (χ3v) is 3.70. The minimum Gasteiger partial charge on any atom is -0.350 e. The average Bonchev–Trinajstić information content (AvgIpc) is 2.51. The Bertz CT molecular complexity index is 748. The van der Waals surface area contributed by atoms with Crippen LogP contribution < -0.4 is 10.6 Å². The van der Waals surface area contributed by atoms with Crippen LogP contribution in [0.4, 0.5) is 5.69 Å². The number of hydrogen-bond acceptors (Lipinski definition) is 3. The molecule has 0 radical (unpaired) electrons. The molecule has 0 aliphatic carbocycles. The van der Waals surface area contributed by atoms with Gasteiger partial charge in [0.05, 0.1) is 26.9 Å². The summed E-state index contributed by atoms with van der Waals surface area (Å²) >= 11 is 11.9. The molecular formula is C16H15Cl2N3O2. The maximum atomic E-state index is 12.3. The Hall–Kier alpha value is -2.11. The van der Waals surface area contributed by atoms with Crippen molar-refractivity contribution in [3.05, 3.63) is 57.8 Å². The molecule has 1 aromatic carbocycles. The van der Waals surface area contributed by atoms with Crippen LogP contribution in [-0.2, 0) is 0 Å². The van der Waals surface area contributed by atoms with E-state index in [0.717, 1.165) is 0 Å². The zero-order valence-corrected chi connectivity index (χ0v) is 14.1. The van der Waals surface area contributed by atoms with Crippen LogP contribution in [0.15, 0.2) is 36.7 Å². The topological polar surface area (TPSA) is 71.1 Å². The zero-order valence-electron chi connectivity index (χ0n) is 12.6. The Balaban J connectivity index is 2.20. The number of carbonyl (C=O) groups excluding carboxylic acids is 2. The Morgan fingerprint density at radius 2 is 1.74 bits per heavy atom. The lowest BCUT2D eigenvalue weighted by atomic mass is 10.1. The van der Waals surface area contributed by atoms with Crippen LogP contribution in [0.3, 0.4) is 0 Å². The highest BCUT2D eigenvalue weighted by Crippen LogP contribution is 2.29. The Morgan fingerprint density at radius 1 is 1.09 bits per heavy atom. The quantitative estimate of drug-likeness (QED) is 0.880. The fraction of sp³-hybridized carbons (Fsp3) is 0.188. The van der Waals surface area contributed by atoms with Crippen molar-refractivity contribution in [1.29, 1.82) is 0 Å². The lowest BCUT2D eigenvalue weighted by molar-refractivity contribution is 0.0942. The molecule has 2 amide bonds. The summed E-state index contributed by atoms with van der Waals surface area (Å²) in [4.78, 5) is 28.2. The van der Waals surface area contributed by atoms with Crippen molar-refractivity contribution in [2.24, 2.45) is 0 Å². The summed E-state index contributed by atoms with van der Waals surface area (Å²) in [5.74, 6) is -0.719. The Labute approximate surface area is 144 Å². The molecule has 0 aliphatic rings. The zero-order chi connectivity index (χ0) is 17.0. The third kappa shape index (κ3) is 4.43. The molecule has 2 aromatic rings. The second-order valence-electron chi connectivity index (χ2n) is 5.15. The predicted octanol–water partition coefficient (Wildman–Crippen LogP) is 3.78. The van der Waals surface area contributed by atoms with Crippen LogP contribution in [0, 0.1) is 0 Å². The largest absolute Gasteiger partial charge is 0.350 e. The molecule has 0 saturated carbocycles. The number of halogens is 2. The molecule has 2 rings (SSSR count). The average molecular weight is 352 g/mol. The van der Waals surface area contributed by atoms with Crippen molar-refractivity contribution >= 4 is 40.7 Å². The molecule has 5 nitrogen and oxygen atoms in total. The number of nitrogens with one attached hydrogen (secondary N) is 2. The van der Waals surface area contributed by atoms with E-state index in [4.69, 9.17) is 23.2 Å². The first-order valence-corrected chi connectivity index (χ1v) is 7.65. The molecule has 0 bridgehead atoms. The molecule has 0 unspecified atom stereocenters. The van der Waals surface area contributed by atoms with Gasteiger partial charge in [-0.15, -0.1) is 0 Å². The maximum Gasteiger partial charge on any atom is 0.257 e. The summed E-state index contributed by atoms with van der Waals surface area (Å²) in [6.45, 7) is 3.70. The number of anilines is 1. The highest BCUT2D eigenvalue weighted by Gasteiger charge is 2.14. The van der Waals surface area contributed by atoms with Crippen molar-refractivity contribution < 1.29 is 9.59 Å². The first kappa shape index (κ1) is 17.2. The van der Waals surface area contributed by atoms with Gasteiger partial charge in [-0.25, -0.2) is 0 Å². The molecule has 7 heteroatoms. The van der Waals surface area contributed by atoms with Gasteiger partial charge >= 0.3 is 0 Å². The van der Waals surface area contributed by atoms with E-state index < -0.39 is 5.91 Å². The van der Waals surface area contributed by atoms with E-state index in [1.165, 1.54) is 18.5 Å². The van der Waals surface area contributed by atoms with Crippen LogP contribution in [0.2, 0.25) is 10.0 Å². The van der Waals surface area contributed by atoms with Crippen LogP contribution in [0.25, 0.3) is 0 Å². The normalized spacial score (nSPS) is 10.5. The van der Waals surface area contributed by atoms with Crippen molar-refractivity contribution in [3.63, 3.8) is 0 Å². The number of hydrogen-bond donors (Lipinski definition) is 2. The molecule has 0 fully saturated rings. The maximum absolute atomic E-state index is 12.3. The predicted molar refractivity (Wildman–Crippen MR) is 91.3 cm³/mol. The number of rotatable bonds is 4. The number of carbonyl (C=O) groups is 2. The van der Waals surface area contributed by atoms with E-state index in [-0.39, 0.29) is 22.5 Å². The minimum atomic E-state index is -0.430. The molecule has 0 saturated heterocycles.